The van der Waals surface area contributed by atoms with Crippen molar-refractivity contribution < 1.29 is 9.18 Å². The maximum Gasteiger partial charge on any atom is 0.271 e. The second-order valence-electron chi connectivity index (χ2n) is 3.35. The minimum absolute atomic E-state index is 0.362. The van der Waals surface area contributed by atoms with Gasteiger partial charge in [0.2, 0.25) is 0 Å². The Morgan fingerprint density at radius 1 is 1.28 bits per heavy atom. The van der Waals surface area contributed by atoms with Crippen LogP contribution in [-0.2, 0) is 0 Å². The monoisotopic (exact) mass is 326 g/mol. The van der Waals surface area contributed by atoms with Gasteiger partial charge in [-0.3, -0.25) is 4.79 Å². The zero-order chi connectivity index (χ0) is 13.0. The van der Waals surface area contributed by atoms with E-state index in [4.69, 9.17) is 0 Å². The van der Waals surface area contributed by atoms with Crippen LogP contribution in [0.25, 0.3) is 0 Å². The Morgan fingerprint density at radius 3 is 2.61 bits per heavy atom. The van der Waals surface area contributed by atoms with E-state index >= 15 is 0 Å². The molecule has 1 aromatic carbocycles. The number of halogens is 2. The molecule has 2 aromatic rings. The minimum atomic E-state index is -0.376. The van der Waals surface area contributed by atoms with E-state index in [1.807, 2.05) is 12.1 Å². The van der Waals surface area contributed by atoms with Crippen LogP contribution in [0.5, 0.6) is 0 Å². The van der Waals surface area contributed by atoms with E-state index in [0.29, 0.717) is 5.56 Å². The summed E-state index contributed by atoms with van der Waals surface area (Å²) >= 11 is 4.83. The third kappa shape index (κ3) is 3.48. The smallest absolute Gasteiger partial charge is 0.267 e. The Morgan fingerprint density at radius 2 is 2.00 bits per heavy atom. The van der Waals surface area contributed by atoms with Crippen LogP contribution in [0.3, 0.4) is 0 Å². The summed E-state index contributed by atoms with van der Waals surface area (Å²) < 4.78 is 13.7. The maximum atomic E-state index is 12.7. The van der Waals surface area contributed by atoms with E-state index in [9.17, 15) is 9.18 Å². The van der Waals surface area contributed by atoms with Crippen LogP contribution >= 0.6 is 27.3 Å². The molecular formula is C12H8BrFN2OS. The van der Waals surface area contributed by atoms with Crippen LogP contribution in [0.2, 0.25) is 0 Å². The summed E-state index contributed by atoms with van der Waals surface area (Å²) in [5.74, 6) is -0.750. The van der Waals surface area contributed by atoms with Crippen molar-refractivity contribution in [2.75, 3.05) is 0 Å². The number of carbonyl (C=O) groups is 1. The number of hydrazone groups is 1. The summed E-state index contributed by atoms with van der Waals surface area (Å²) in [6.07, 6.45) is 1.55. The minimum Gasteiger partial charge on any atom is -0.267 e. The molecule has 0 fully saturated rings. The summed E-state index contributed by atoms with van der Waals surface area (Å²) in [6.45, 7) is 0. The molecule has 0 saturated carbocycles. The molecule has 1 amide bonds. The number of benzene rings is 1. The molecule has 0 aliphatic rings. The molecule has 0 bridgehead atoms. The lowest BCUT2D eigenvalue weighted by atomic mass is 10.2. The molecule has 0 atom stereocenters. The van der Waals surface area contributed by atoms with Crippen molar-refractivity contribution >= 4 is 39.4 Å². The van der Waals surface area contributed by atoms with Gasteiger partial charge >= 0.3 is 0 Å². The van der Waals surface area contributed by atoms with Crippen molar-refractivity contribution in [1.29, 1.82) is 0 Å². The van der Waals surface area contributed by atoms with Gasteiger partial charge in [0.05, 0.1) is 10.0 Å². The van der Waals surface area contributed by atoms with Crippen molar-refractivity contribution in [2.24, 2.45) is 5.10 Å². The van der Waals surface area contributed by atoms with E-state index in [1.165, 1.54) is 35.6 Å². The predicted molar refractivity (Wildman–Crippen MR) is 73.5 cm³/mol. The summed E-state index contributed by atoms with van der Waals surface area (Å²) in [7, 11) is 0. The highest BCUT2D eigenvalue weighted by atomic mass is 79.9. The topological polar surface area (TPSA) is 41.5 Å². The van der Waals surface area contributed by atoms with Gasteiger partial charge in [0.15, 0.2) is 0 Å². The molecule has 92 valence electrons. The van der Waals surface area contributed by atoms with Crippen LogP contribution in [-0.4, -0.2) is 12.1 Å². The number of amides is 1. The molecule has 0 radical (unpaired) electrons. The van der Waals surface area contributed by atoms with Crippen LogP contribution < -0.4 is 5.43 Å². The van der Waals surface area contributed by atoms with Crippen molar-refractivity contribution in [3.63, 3.8) is 0 Å². The first-order valence-electron chi connectivity index (χ1n) is 4.99. The number of thiophene rings is 1. The molecule has 0 spiro atoms. The molecule has 0 saturated heterocycles. The molecular weight excluding hydrogens is 319 g/mol. The molecule has 3 nitrogen and oxygen atoms in total. The molecule has 0 unspecified atom stereocenters. The van der Waals surface area contributed by atoms with Gasteiger partial charge in [-0.05, 0) is 52.3 Å². The van der Waals surface area contributed by atoms with Gasteiger partial charge in [-0.25, -0.2) is 9.82 Å². The molecule has 18 heavy (non-hydrogen) atoms. The maximum absolute atomic E-state index is 12.7. The third-order valence-corrected chi connectivity index (χ3v) is 3.62. The van der Waals surface area contributed by atoms with Crippen LogP contribution in [0, 0.1) is 5.82 Å². The van der Waals surface area contributed by atoms with Gasteiger partial charge < -0.3 is 0 Å². The van der Waals surface area contributed by atoms with Crippen molar-refractivity contribution in [3.05, 3.63) is 56.4 Å². The van der Waals surface area contributed by atoms with Gasteiger partial charge in [-0.1, -0.05) is 0 Å². The van der Waals surface area contributed by atoms with Gasteiger partial charge in [-0.2, -0.15) is 5.10 Å². The summed E-state index contributed by atoms with van der Waals surface area (Å²) in [6, 6.07) is 9.05. The number of hydrogen-bond donors (Lipinski definition) is 1. The third-order valence-electron chi connectivity index (χ3n) is 2.06. The Hall–Kier alpha value is -1.53. The normalized spacial score (nSPS) is 10.8. The lowest BCUT2D eigenvalue weighted by molar-refractivity contribution is 0.0955. The lowest BCUT2D eigenvalue weighted by Crippen LogP contribution is -2.17. The summed E-state index contributed by atoms with van der Waals surface area (Å²) in [5, 5.41) is 3.82. The van der Waals surface area contributed by atoms with E-state index < -0.39 is 0 Å². The SMILES string of the molecule is O=C(N/N=C\c1ccc(Br)s1)c1ccc(F)cc1. The standard InChI is InChI=1S/C12H8BrFN2OS/c13-11-6-5-10(18-11)7-15-16-12(17)8-1-3-9(14)4-2-8/h1-7H,(H,16,17)/b15-7-. The predicted octanol–water partition coefficient (Wildman–Crippen LogP) is 3.41. The first-order valence-corrected chi connectivity index (χ1v) is 6.60. The Balaban J connectivity index is 1.96. The average molecular weight is 327 g/mol. The molecule has 0 aliphatic carbocycles. The molecule has 1 N–H and O–H groups in total. The molecule has 1 heterocycles. The molecule has 2 rings (SSSR count). The van der Waals surface area contributed by atoms with Gasteiger partial charge in [0, 0.05) is 10.4 Å². The van der Waals surface area contributed by atoms with Gasteiger partial charge in [0.25, 0.3) is 5.91 Å². The fourth-order valence-corrected chi connectivity index (χ4v) is 2.51. The van der Waals surface area contributed by atoms with E-state index in [1.54, 1.807) is 6.21 Å². The van der Waals surface area contributed by atoms with Crippen LogP contribution in [0.15, 0.2) is 45.3 Å². The zero-order valence-electron chi connectivity index (χ0n) is 9.06. The number of carbonyl (C=O) groups excluding carboxylic acids is 1. The van der Waals surface area contributed by atoms with Gasteiger partial charge in [-0.15, -0.1) is 11.3 Å². The fourth-order valence-electron chi connectivity index (χ4n) is 1.22. The Labute approximate surface area is 115 Å². The van der Waals surface area contributed by atoms with E-state index in [-0.39, 0.29) is 11.7 Å². The largest absolute Gasteiger partial charge is 0.271 e. The summed E-state index contributed by atoms with van der Waals surface area (Å²) in [4.78, 5) is 12.5. The van der Waals surface area contributed by atoms with Gasteiger partial charge in [0.1, 0.15) is 5.82 Å². The van der Waals surface area contributed by atoms with Crippen LogP contribution in [0.1, 0.15) is 15.2 Å². The zero-order valence-corrected chi connectivity index (χ0v) is 11.5. The Bertz CT molecular complexity index is 580. The first-order chi connectivity index (χ1) is 8.65. The van der Waals surface area contributed by atoms with Crippen molar-refractivity contribution in [1.82, 2.24) is 5.43 Å². The number of nitrogens with zero attached hydrogens (tertiary/aromatic N) is 1. The Kier molecular flexibility index (Phi) is 4.22. The van der Waals surface area contributed by atoms with Crippen molar-refractivity contribution in [3.8, 4) is 0 Å². The van der Waals surface area contributed by atoms with Crippen molar-refractivity contribution in [2.45, 2.75) is 0 Å². The number of nitrogens with one attached hydrogen (secondary N) is 1. The average Bonchev–Trinajstić information content (AvgIpc) is 2.76. The second kappa shape index (κ2) is 5.88. The quantitative estimate of drug-likeness (QED) is 0.681. The number of rotatable bonds is 3. The first kappa shape index (κ1) is 12.9. The fraction of sp³-hybridized carbons (Fsp3) is 0. The lowest BCUT2D eigenvalue weighted by Gasteiger charge is -1.98. The summed E-state index contributed by atoms with van der Waals surface area (Å²) in [5.41, 5.74) is 2.74. The van der Waals surface area contributed by atoms with Crippen LogP contribution in [0.4, 0.5) is 4.39 Å². The van der Waals surface area contributed by atoms with E-state index in [0.717, 1.165) is 8.66 Å². The van der Waals surface area contributed by atoms with E-state index in [2.05, 4.69) is 26.5 Å². The molecule has 6 heteroatoms. The second-order valence-corrected chi connectivity index (χ2v) is 5.84. The highest BCUT2D eigenvalue weighted by Gasteiger charge is 2.03. The molecule has 1 aromatic heterocycles. The highest BCUT2D eigenvalue weighted by Crippen LogP contribution is 2.20. The highest BCUT2D eigenvalue weighted by molar-refractivity contribution is 9.11. The molecule has 0 aliphatic heterocycles. The number of hydrogen-bond acceptors (Lipinski definition) is 3.